The van der Waals surface area contributed by atoms with Crippen LogP contribution in [0.15, 0.2) is 48.5 Å². The Hall–Kier alpha value is -2.68. The molecule has 0 saturated heterocycles. The summed E-state index contributed by atoms with van der Waals surface area (Å²) in [5.41, 5.74) is 1.56. The average Bonchev–Trinajstić information content (AvgIpc) is 2.54. The Balaban J connectivity index is 2.47. The van der Waals surface area contributed by atoms with E-state index in [4.69, 9.17) is 4.74 Å². The highest BCUT2D eigenvalue weighted by atomic mass is 16.5. The van der Waals surface area contributed by atoms with Crippen molar-refractivity contribution in [1.29, 1.82) is 0 Å². The van der Waals surface area contributed by atoms with Crippen LogP contribution in [0.2, 0.25) is 0 Å². The van der Waals surface area contributed by atoms with Crippen molar-refractivity contribution in [3.63, 3.8) is 0 Å². The van der Waals surface area contributed by atoms with Gasteiger partial charge in [-0.3, -0.25) is 9.59 Å². The molecular weight excluding hydrogens is 264 g/mol. The Labute approximate surface area is 122 Å². The molecule has 0 heterocycles. The van der Waals surface area contributed by atoms with Gasteiger partial charge in [-0.1, -0.05) is 48.5 Å². The van der Waals surface area contributed by atoms with Crippen LogP contribution in [0.5, 0.6) is 0 Å². The van der Waals surface area contributed by atoms with Crippen molar-refractivity contribution >= 4 is 33.8 Å². The van der Waals surface area contributed by atoms with E-state index in [0.29, 0.717) is 5.56 Å². The largest absolute Gasteiger partial charge is 0.469 e. The van der Waals surface area contributed by atoms with Crippen molar-refractivity contribution in [3.05, 3.63) is 59.7 Å². The summed E-state index contributed by atoms with van der Waals surface area (Å²) < 4.78 is 4.80. The Morgan fingerprint density at radius 2 is 1.43 bits per heavy atom. The molecule has 0 amide bonds. The second-order valence-corrected chi connectivity index (χ2v) is 4.85. The summed E-state index contributed by atoms with van der Waals surface area (Å²) in [5.74, 6) is -0.288. The summed E-state index contributed by atoms with van der Waals surface area (Å²) in [7, 11) is 1.38. The minimum absolute atomic E-state index is 0.191. The van der Waals surface area contributed by atoms with Crippen molar-refractivity contribution in [2.75, 3.05) is 7.11 Å². The minimum Gasteiger partial charge on any atom is -0.469 e. The van der Waals surface area contributed by atoms with Crippen molar-refractivity contribution in [3.8, 4) is 0 Å². The summed E-state index contributed by atoms with van der Waals surface area (Å²) in [6, 6.07) is 15.3. The molecule has 0 aliphatic heterocycles. The Morgan fingerprint density at radius 1 is 0.952 bits per heavy atom. The quantitative estimate of drug-likeness (QED) is 0.418. The highest BCUT2D eigenvalue weighted by Crippen LogP contribution is 2.32. The van der Waals surface area contributed by atoms with E-state index in [1.807, 2.05) is 48.5 Å². The molecule has 21 heavy (non-hydrogen) atoms. The molecule has 3 rings (SSSR count). The Bertz CT molecular complexity index is 793. The lowest BCUT2D eigenvalue weighted by atomic mass is 9.91. The highest BCUT2D eigenvalue weighted by molar-refractivity contribution is 6.15. The summed E-state index contributed by atoms with van der Waals surface area (Å²) in [6.07, 6.45) is 1.07. The van der Waals surface area contributed by atoms with Crippen LogP contribution in [0.1, 0.15) is 15.9 Å². The number of aldehydes is 1. The molecule has 0 saturated carbocycles. The van der Waals surface area contributed by atoms with Crippen LogP contribution in [0.4, 0.5) is 0 Å². The first-order valence-electron chi connectivity index (χ1n) is 6.70. The number of fused-ring (bicyclic) bond motifs is 2. The number of carbonyl (C=O) groups excluding carboxylic acids is 2. The number of methoxy groups -OCH3 is 1. The molecule has 0 atom stereocenters. The van der Waals surface area contributed by atoms with E-state index in [1.54, 1.807) is 0 Å². The predicted molar refractivity (Wildman–Crippen MR) is 82.6 cm³/mol. The van der Waals surface area contributed by atoms with Gasteiger partial charge in [0, 0.05) is 5.56 Å². The van der Waals surface area contributed by atoms with Gasteiger partial charge in [-0.2, -0.15) is 0 Å². The zero-order valence-corrected chi connectivity index (χ0v) is 11.6. The zero-order chi connectivity index (χ0) is 14.8. The molecule has 0 bridgehead atoms. The van der Waals surface area contributed by atoms with Gasteiger partial charge in [0.15, 0.2) is 6.29 Å². The lowest BCUT2D eigenvalue weighted by molar-refractivity contribution is -0.139. The van der Waals surface area contributed by atoms with Crippen LogP contribution < -0.4 is 0 Å². The first kappa shape index (κ1) is 13.3. The average molecular weight is 278 g/mol. The fraction of sp³-hybridized carbons (Fsp3) is 0.111. The maximum Gasteiger partial charge on any atom is 0.310 e. The molecule has 0 radical (unpaired) electrons. The molecule has 104 valence electrons. The van der Waals surface area contributed by atoms with Crippen LogP contribution in [0.3, 0.4) is 0 Å². The van der Waals surface area contributed by atoms with E-state index in [-0.39, 0.29) is 12.4 Å². The summed E-state index contributed by atoms with van der Waals surface area (Å²) >= 11 is 0. The maximum atomic E-state index is 11.7. The van der Waals surface area contributed by atoms with Gasteiger partial charge in [-0.15, -0.1) is 0 Å². The molecule has 3 heteroatoms. The maximum absolute atomic E-state index is 11.7. The van der Waals surface area contributed by atoms with E-state index in [9.17, 15) is 9.59 Å². The second-order valence-electron chi connectivity index (χ2n) is 4.85. The van der Waals surface area contributed by atoms with Crippen molar-refractivity contribution < 1.29 is 14.3 Å². The van der Waals surface area contributed by atoms with Gasteiger partial charge in [0.05, 0.1) is 13.5 Å². The van der Waals surface area contributed by atoms with Crippen LogP contribution in [-0.2, 0) is 16.0 Å². The third-order valence-corrected chi connectivity index (χ3v) is 3.75. The molecule has 0 N–H and O–H groups in total. The fourth-order valence-electron chi connectivity index (χ4n) is 2.79. The number of rotatable bonds is 3. The normalized spacial score (nSPS) is 10.7. The lowest BCUT2D eigenvalue weighted by Gasteiger charge is -2.13. The monoisotopic (exact) mass is 278 g/mol. The summed E-state index contributed by atoms with van der Waals surface area (Å²) in [6.45, 7) is 0. The first-order chi connectivity index (χ1) is 10.3. The number of benzene rings is 3. The predicted octanol–water partition coefficient (Wildman–Crippen LogP) is 3.52. The van der Waals surface area contributed by atoms with E-state index in [0.717, 1.165) is 33.4 Å². The van der Waals surface area contributed by atoms with Gasteiger partial charge in [0.25, 0.3) is 0 Å². The van der Waals surface area contributed by atoms with Gasteiger partial charge in [-0.05, 0) is 27.1 Å². The van der Waals surface area contributed by atoms with Crippen LogP contribution in [0.25, 0.3) is 21.5 Å². The number of esters is 1. The number of ether oxygens (including phenoxy) is 1. The fourth-order valence-corrected chi connectivity index (χ4v) is 2.79. The zero-order valence-electron chi connectivity index (χ0n) is 11.6. The highest BCUT2D eigenvalue weighted by Gasteiger charge is 2.15. The van der Waals surface area contributed by atoms with Gasteiger partial charge in [-0.25, -0.2) is 0 Å². The molecule has 0 aliphatic rings. The third kappa shape index (κ3) is 2.17. The molecule has 0 aromatic heterocycles. The van der Waals surface area contributed by atoms with Crippen molar-refractivity contribution in [2.45, 2.75) is 6.42 Å². The topological polar surface area (TPSA) is 43.4 Å². The van der Waals surface area contributed by atoms with Gasteiger partial charge >= 0.3 is 5.97 Å². The molecular formula is C18H14O3. The minimum atomic E-state index is -0.288. The standard InChI is InChI=1S/C18H14O3/c1-21-18(20)10-16-12-6-2-4-8-14(12)17(11-19)15-9-5-3-7-13(15)16/h2-9,11H,10H2,1H3. The lowest BCUT2D eigenvalue weighted by Crippen LogP contribution is -2.06. The number of carbonyl (C=O) groups is 2. The van der Waals surface area contributed by atoms with E-state index in [1.165, 1.54) is 7.11 Å². The van der Waals surface area contributed by atoms with Gasteiger partial charge < -0.3 is 4.74 Å². The van der Waals surface area contributed by atoms with Gasteiger partial charge in [0.1, 0.15) is 0 Å². The first-order valence-corrected chi connectivity index (χ1v) is 6.70. The van der Waals surface area contributed by atoms with Crippen LogP contribution in [-0.4, -0.2) is 19.4 Å². The molecule has 0 fully saturated rings. The molecule has 3 nitrogen and oxygen atoms in total. The number of hydrogen-bond donors (Lipinski definition) is 0. The van der Waals surface area contributed by atoms with Crippen molar-refractivity contribution in [1.82, 2.24) is 0 Å². The van der Waals surface area contributed by atoms with E-state index in [2.05, 4.69) is 0 Å². The van der Waals surface area contributed by atoms with Gasteiger partial charge in [0.2, 0.25) is 0 Å². The molecule has 0 aliphatic carbocycles. The van der Waals surface area contributed by atoms with Crippen molar-refractivity contribution in [2.24, 2.45) is 0 Å². The molecule has 0 unspecified atom stereocenters. The Morgan fingerprint density at radius 3 is 1.86 bits per heavy atom. The summed E-state index contributed by atoms with van der Waals surface area (Å²) in [4.78, 5) is 23.3. The van der Waals surface area contributed by atoms with Crippen LogP contribution >= 0.6 is 0 Å². The molecule has 0 spiro atoms. The smallest absolute Gasteiger partial charge is 0.310 e. The molecule has 3 aromatic carbocycles. The number of hydrogen-bond acceptors (Lipinski definition) is 3. The molecule has 3 aromatic rings. The SMILES string of the molecule is COC(=O)Cc1c2ccccc2c(C=O)c2ccccc12. The van der Waals surface area contributed by atoms with Crippen LogP contribution in [0, 0.1) is 0 Å². The van der Waals surface area contributed by atoms with E-state index >= 15 is 0 Å². The summed E-state index contributed by atoms with van der Waals surface area (Å²) in [5, 5.41) is 3.57. The third-order valence-electron chi connectivity index (χ3n) is 3.75. The second kappa shape index (κ2) is 5.37. The van der Waals surface area contributed by atoms with E-state index < -0.39 is 0 Å². The Kier molecular flexibility index (Phi) is 3.40.